The molecular formula is C11H16FNS. The highest BCUT2D eigenvalue weighted by Crippen LogP contribution is 2.29. The Morgan fingerprint density at radius 3 is 2.57 bits per heavy atom. The van der Waals surface area contributed by atoms with Crippen molar-refractivity contribution in [1.82, 2.24) is 0 Å². The molecule has 0 spiro atoms. The fraction of sp³-hybridized carbons (Fsp3) is 0.455. The summed E-state index contributed by atoms with van der Waals surface area (Å²) >= 11 is 1.52. The van der Waals surface area contributed by atoms with Gasteiger partial charge in [0, 0.05) is 16.2 Å². The maximum absolute atomic E-state index is 12.1. The third kappa shape index (κ3) is 3.00. The third-order valence-electron chi connectivity index (χ3n) is 1.92. The molecule has 0 aromatic heterocycles. The Kier molecular flexibility index (Phi) is 3.96. The Hall–Kier alpha value is -0.540. The van der Waals surface area contributed by atoms with Gasteiger partial charge in [-0.1, -0.05) is 18.2 Å². The lowest BCUT2D eigenvalue weighted by molar-refractivity contribution is 0.531. The van der Waals surface area contributed by atoms with Crippen molar-refractivity contribution in [2.24, 2.45) is 5.73 Å². The lowest BCUT2D eigenvalue weighted by Crippen LogP contribution is -2.29. The Balaban J connectivity index is 2.92. The van der Waals surface area contributed by atoms with E-state index < -0.39 is 0 Å². The van der Waals surface area contributed by atoms with Crippen molar-refractivity contribution in [3.8, 4) is 0 Å². The van der Waals surface area contributed by atoms with E-state index in [0.29, 0.717) is 5.75 Å². The van der Waals surface area contributed by atoms with Gasteiger partial charge in [0.2, 0.25) is 0 Å². The van der Waals surface area contributed by atoms with Crippen molar-refractivity contribution >= 4 is 11.8 Å². The molecule has 2 N–H and O–H groups in total. The van der Waals surface area contributed by atoms with Gasteiger partial charge in [-0.2, -0.15) is 0 Å². The first-order valence-electron chi connectivity index (χ1n) is 4.63. The summed E-state index contributed by atoms with van der Waals surface area (Å²) in [5.41, 5.74) is 6.74. The van der Waals surface area contributed by atoms with Crippen LogP contribution < -0.4 is 5.73 Å². The molecule has 1 aromatic carbocycles. The molecular weight excluding hydrogens is 197 g/mol. The number of thioether (sulfide) groups is 1. The average Bonchev–Trinajstić information content (AvgIpc) is 2.14. The number of hydrogen-bond acceptors (Lipinski definition) is 2. The SMILES string of the molecule is CC(C)(N)c1ccccc1SCCF. The normalized spacial score (nSPS) is 11.7. The average molecular weight is 213 g/mol. The van der Waals surface area contributed by atoms with Crippen LogP contribution in [0.3, 0.4) is 0 Å². The Bertz CT molecular complexity index is 294. The Morgan fingerprint density at radius 2 is 2.00 bits per heavy atom. The summed E-state index contributed by atoms with van der Waals surface area (Å²) < 4.78 is 12.1. The van der Waals surface area contributed by atoms with Gasteiger partial charge in [-0.15, -0.1) is 11.8 Å². The van der Waals surface area contributed by atoms with E-state index in [4.69, 9.17) is 5.73 Å². The van der Waals surface area contributed by atoms with Gasteiger partial charge in [0.15, 0.2) is 0 Å². The molecule has 0 amide bonds. The number of hydrogen-bond donors (Lipinski definition) is 1. The summed E-state index contributed by atoms with van der Waals surface area (Å²) in [5.74, 6) is 0.493. The van der Waals surface area contributed by atoms with Crippen LogP contribution in [0.25, 0.3) is 0 Å². The van der Waals surface area contributed by atoms with Gasteiger partial charge in [0.25, 0.3) is 0 Å². The predicted octanol–water partition coefficient (Wildman–Crippen LogP) is 2.94. The van der Waals surface area contributed by atoms with Crippen molar-refractivity contribution < 1.29 is 4.39 Å². The monoisotopic (exact) mass is 213 g/mol. The number of nitrogens with two attached hydrogens (primary N) is 1. The lowest BCUT2D eigenvalue weighted by atomic mass is 9.96. The Morgan fingerprint density at radius 1 is 1.36 bits per heavy atom. The van der Waals surface area contributed by atoms with E-state index >= 15 is 0 Å². The zero-order valence-electron chi connectivity index (χ0n) is 8.59. The summed E-state index contributed by atoms with van der Waals surface area (Å²) in [5, 5.41) is 0. The van der Waals surface area contributed by atoms with E-state index in [0.717, 1.165) is 10.5 Å². The first-order valence-corrected chi connectivity index (χ1v) is 5.61. The summed E-state index contributed by atoms with van der Waals surface area (Å²) in [6.07, 6.45) is 0. The minimum Gasteiger partial charge on any atom is -0.322 e. The second-order valence-electron chi connectivity index (χ2n) is 3.76. The first-order chi connectivity index (χ1) is 6.55. The maximum atomic E-state index is 12.1. The molecule has 0 radical (unpaired) electrons. The van der Waals surface area contributed by atoms with Crippen LogP contribution in [0.15, 0.2) is 29.2 Å². The third-order valence-corrected chi connectivity index (χ3v) is 2.94. The van der Waals surface area contributed by atoms with Crippen molar-refractivity contribution in [2.45, 2.75) is 24.3 Å². The zero-order chi connectivity index (χ0) is 10.6. The van der Waals surface area contributed by atoms with E-state index in [9.17, 15) is 4.39 Å². The van der Waals surface area contributed by atoms with Crippen LogP contribution >= 0.6 is 11.8 Å². The van der Waals surface area contributed by atoms with Gasteiger partial charge >= 0.3 is 0 Å². The summed E-state index contributed by atoms with van der Waals surface area (Å²) in [6, 6.07) is 7.91. The second kappa shape index (κ2) is 4.80. The topological polar surface area (TPSA) is 26.0 Å². The van der Waals surface area contributed by atoms with Crippen LogP contribution in [0.1, 0.15) is 19.4 Å². The predicted molar refractivity (Wildman–Crippen MR) is 60.4 cm³/mol. The molecule has 0 atom stereocenters. The van der Waals surface area contributed by atoms with Crippen molar-refractivity contribution in [3.63, 3.8) is 0 Å². The largest absolute Gasteiger partial charge is 0.322 e. The molecule has 3 heteroatoms. The summed E-state index contributed by atoms with van der Waals surface area (Å²) in [4.78, 5) is 1.08. The molecule has 0 bridgehead atoms. The lowest BCUT2D eigenvalue weighted by Gasteiger charge is -2.22. The maximum Gasteiger partial charge on any atom is 0.0988 e. The van der Waals surface area contributed by atoms with Gasteiger partial charge < -0.3 is 5.73 Å². The van der Waals surface area contributed by atoms with E-state index in [1.54, 1.807) is 0 Å². The van der Waals surface area contributed by atoms with Crippen molar-refractivity contribution in [3.05, 3.63) is 29.8 Å². The standard InChI is InChI=1S/C11H16FNS/c1-11(2,13)9-5-3-4-6-10(9)14-8-7-12/h3-6H,7-8,13H2,1-2H3. The van der Waals surface area contributed by atoms with Crippen molar-refractivity contribution in [1.29, 1.82) is 0 Å². The molecule has 0 aliphatic heterocycles. The number of alkyl halides is 1. The van der Waals surface area contributed by atoms with E-state index in [-0.39, 0.29) is 12.2 Å². The zero-order valence-corrected chi connectivity index (χ0v) is 9.40. The van der Waals surface area contributed by atoms with Gasteiger partial charge in [0.1, 0.15) is 0 Å². The molecule has 1 rings (SSSR count). The van der Waals surface area contributed by atoms with Crippen LogP contribution in [-0.4, -0.2) is 12.4 Å². The van der Waals surface area contributed by atoms with Crippen LogP contribution in [0.4, 0.5) is 4.39 Å². The van der Waals surface area contributed by atoms with E-state index in [1.807, 2.05) is 38.1 Å². The molecule has 0 unspecified atom stereocenters. The minimum atomic E-state index is -0.361. The molecule has 1 nitrogen and oxygen atoms in total. The molecule has 0 saturated heterocycles. The highest BCUT2D eigenvalue weighted by atomic mass is 32.2. The van der Waals surface area contributed by atoms with Gasteiger partial charge in [-0.25, -0.2) is 0 Å². The highest BCUT2D eigenvalue weighted by molar-refractivity contribution is 7.99. The molecule has 0 heterocycles. The fourth-order valence-electron chi connectivity index (χ4n) is 1.27. The first kappa shape index (κ1) is 11.5. The van der Waals surface area contributed by atoms with Crippen LogP contribution in [0.5, 0.6) is 0 Å². The van der Waals surface area contributed by atoms with Crippen LogP contribution in [0, 0.1) is 0 Å². The molecule has 1 aromatic rings. The number of halogens is 1. The molecule has 0 aliphatic rings. The quantitative estimate of drug-likeness (QED) is 0.778. The van der Waals surface area contributed by atoms with E-state index in [2.05, 4.69) is 0 Å². The smallest absolute Gasteiger partial charge is 0.0988 e. The highest BCUT2D eigenvalue weighted by Gasteiger charge is 2.17. The molecule has 0 fully saturated rings. The van der Waals surface area contributed by atoms with Crippen molar-refractivity contribution in [2.75, 3.05) is 12.4 Å². The minimum absolute atomic E-state index is 0.302. The van der Waals surface area contributed by atoms with Gasteiger partial charge in [0.05, 0.1) is 6.67 Å². The van der Waals surface area contributed by atoms with Crippen LogP contribution in [0.2, 0.25) is 0 Å². The summed E-state index contributed by atoms with van der Waals surface area (Å²) in [6.45, 7) is 3.62. The van der Waals surface area contributed by atoms with E-state index in [1.165, 1.54) is 11.8 Å². The van der Waals surface area contributed by atoms with Gasteiger partial charge in [-0.05, 0) is 25.5 Å². The molecule has 0 saturated carbocycles. The Labute approximate surface area is 88.9 Å². The fourth-order valence-corrected chi connectivity index (χ4v) is 2.23. The number of benzene rings is 1. The van der Waals surface area contributed by atoms with Gasteiger partial charge in [-0.3, -0.25) is 4.39 Å². The molecule has 14 heavy (non-hydrogen) atoms. The summed E-state index contributed by atoms with van der Waals surface area (Å²) in [7, 11) is 0. The molecule has 0 aliphatic carbocycles. The molecule has 78 valence electrons. The van der Waals surface area contributed by atoms with Crippen LogP contribution in [-0.2, 0) is 5.54 Å². The second-order valence-corrected chi connectivity index (χ2v) is 4.89. The number of rotatable bonds is 4.